The zero-order valence-electron chi connectivity index (χ0n) is 10.0. The van der Waals surface area contributed by atoms with E-state index in [1.165, 1.54) is 19.1 Å². The first-order valence-electron chi connectivity index (χ1n) is 5.35. The van der Waals surface area contributed by atoms with Crippen molar-refractivity contribution in [2.24, 2.45) is 0 Å². The maximum absolute atomic E-state index is 12.1. The molecule has 0 spiro atoms. The molecule has 0 aliphatic carbocycles. The van der Waals surface area contributed by atoms with Crippen LogP contribution in [0, 0.1) is 0 Å². The number of amides is 1. The number of piperidine rings is 1. The predicted octanol–water partition coefficient (Wildman–Crippen LogP) is 0.714. The summed E-state index contributed by atoms with van der Waals surface area (Å²) in [4.78, 5) is 12.1. The van der Waals surface area contributed by atoms with Gasteiger partial charge in [0.1, 0.15) is 12.8 Å². The Morgan fingerprint density at radius 1 is 1.53 bits per heavy atom. The maximum atomic E-state index is 12.1. The van der Waals surface area contributed by atoms with Crippen LogP contribution >= 0.6 is 0 Å². The van der Waals surface area contributed by atoms with E-state index in [1.54, 1.807) is 0 Å². The Hall–Kier alpha value is -0.920. The lowest BCUT2D eigenvalue weighted by Gasteiger charge is -2.44. The van der Waals surface area contributed by atoms with E-state index in [1.807, 2.05) is 0 Å². The normalized spacial score (nSPS) is 23.7. The quantitative estimate of drug-likeness (QED) is 0.729. The van der Waals surface area contributed by atoms with Crippen LogP contribution in [0.1, 0.15) is 6.42 Å². The molecule has 7 heteroatoms. The molecule has 17 heavy (non-hydrogen) atoms. The standard InChI is InChI=1S/C10H18FNO5/c1-15-10(16-2)3-5-12(9(13)14)7-8(10)17-6-4-11/h8H,3-7H2,1-2H3,(H,13,14). The number of hydrogen-bond donors (Lipinski definition) is 1. The predicted molar refractivity (Wildman–Crippen MR) is 56.7 cm³/mol. The maximum Gasteiger partial charge on any atom is 0.407 e. The number of carbonyl (C=O) groups is 1. The van der Waals surface area contributed by atoms with Crippen LogP contribution in [-0.4, -0.2) is 68.6 Å². The van der Waals surface area contributed by atoms with Crippen molar-refractivity contribution in [3.8, 4) is 0 Å². The van der Waals surface area contributed by atoms with Gasteiger partial charge in [0.15, 0.2) is 5.79 Å². The summed E-state index contributed by atoms with van der Waals surface area (Å²) < 4.78 is 28.0. The van der Waals surface area contributed by atoms with Crippen LogP contribution in [0.4, 0.5) is 9.18 Å². The van der Waals surface area contributed by atoms with Gasteiger partial charge >= 0.3 is 6.09 Å². The van der Waals surface area contributed by atoms with Gasteiger partial charge in [0, 0.05) is 27.2 Å². The molecule has 0 bridgehead atoms. The minimum Gasteiger partial charge on any atom is -0.465 e. The molecule has 1 N–H and O–H groups in total. The summed E-state index contributed by atoms with van der Waals surface area (Å²) in [5, 5.41) is 8.91. The van der Waals surface area contributed by atoms with Crippen molar-refractivity contribution in [3.05, 3.63) is 0 Å². The zero-order valence-corrected chi connectivity index (χ0v) is 10.0. The molecule has 0 aromatic heterocycles. The van der Waals surface area contributed by atoms with E-state index in [-0.39, 0.29) is 13.2 Å². The van der Waals surface area contributed by atoms with E-state index < -0.39 is 24.7 Å². The highest BCUT2D eigenvalue weighted by Crippen LogP contribution is 2.29. The SMILES string of the molecule is COC1(OC)CCN(C(=O)O)CC1OCCF. The second-order valence-corrected chi connectivity index (χ2v) is 3.75. The van der Waals surface area contributed by atoms with Gasteiger partial charge in [0.25, 0.3) is 0 Å². The first-order chi connectivity index (χ1) is 8.09. The summed E-state index contributed by atoms with van der Waals surface area (Å²) in [7, 11) is 2.93. The topological polar surface area (TPSA) is 68.2 Å². The molecule has 1 fully saturated rings. The van der Waals surface area contributed by atoms with Gasteiger partial charge in [-0.15, -0.1) is 0 Å². The number of hydrogen-bond acceptors (Lipinski definition) is 4. The number of likely N-dealkylation sites (tertiary alicyclic amines) is 1. The molecule has 1 saturated heterocycles. The Balaban J connectivity index is 2.74. The van der Waals surface area contributed by atoms with E-state index in [9.17, 15) is 9.18 Å². The van der Waals surface area contributed by atoms with Crippen molar-refractivity contribution >= 4 is 6.09 Å². The van der Waals surface area contributed by atoms with Crippen molar-refractivity contribution in [2.75, 3.05) is 40.6 Å². The largest absolute Gasteiger partial charge is 0.465 e. The molecule has 1 rings (SSSR count). The Bertz CT molecular complexity index is 259. The van der Waals surface area contributed by atoms with E-state index in [4.69, 9.17) is 19.3 Å². The highest BCUT2D eigenvalue weighted by Gasteiger charge is 2.46. The average molecular weight is 251 g/mol. The Kier molecular flexibility index (Phi) is 5.10. The lowest BCUT2D eigenvalue weighted by molar-refractivity contribution is -0.286. The minimum absolute atomic E-state index is 0.105. The molecule has 1 atom stereocenters. The first kappa shape index (κ1) is 14.1. The highest BCUT2D eigenvalue weighted by atomic mass is 19.1. The van der Waals surface area contributed by atoms with Crippen molar-refractivity contribution in [2.45, 2.75) is 18.3 Å². The van der Waals surface area contributed by atoms with Crippen molar-refractivity contribution in [1.29, 1.82) is 0 Å². The summed E-state index contributed by atoms with van der Waals surface area (Å²) in [5.74, 6) is -0.999. The molecule has 1 heterocycles. The van der Waals surface area contributed by atoms with Crippen LogP contribution in [0.2, 0.25) is 0 Å². The van der Waals surface area contributed by atoms with Crippen molar-refractivity contribution < 1.29 is 28.5 Å². The minimum atomic E-state index is -1.03. The van der Waals surface area contributed by atoms with Crippen LogP contribution in [-0.2, 0) is 14.2 Å². The smallest absolute Gasteiger partial charge is 0.407 e. The Morgan fingerprint density at radius 3 is 2.65 bits per heavy atom. The molecule has 1 unspecified atom stereocenters. The number of carboxylic acid groups (broad SMARTS) is 1. The molecule has 1 aliphatic heterocycles. The highest BCUT2D eigenvalue weighted by molar-refractivity contribution is 5.65. The van der Waals surface area contributed by atoms with Gasteiger partial charge in [-0.1, -0.05) is 0 Å². The fraction of sp³-hybridized carbons (Fsp3) is 0.900. The average Bonchev–Trinajstić information content (AvgIpc) is 2.35. The van der Waals surface area contributed by atoms with Crippen LogP contribution < -0.4 is 0 Å². The third-order valence-corrected chi connectivity index (χ3v) is 2.96. The Morgan fingerprint density at radius 2 is 2.18 bits per heavy atom. The van der Waals surface area contributed by atoms with Crippen LogP contribution in [0.3, 0.4) is 0 Å². The van der Waals surface area contributed by atoms with Gasteiger partial charge < -0.3 is 24.2 Å². The molecule has 0 aromatic carbocycles. The summed E-state index contributed by atoms with van der Waals surface area (Å²) >= 11 is 0. The number of nitrogens with zero attached hydrogens (tertiary/aromatic N) is 1. The fourth-order valence-electron chi connectivity index (χ4n) is 1.97. The molecule has 0 saturated carbocycles. The molecule has 100 valence electrons. The van der Waals surface area contributed by atoms with Crippen LogP contribution in [0.25, 0.3) is 0 Å². The van der Waals surface area contributed by atoms with Gasteiger partial charge in [0.05, 0.1) is 13.2 Å². The monoisotopic (exact) mass is 251 g/mol. The van der Waals surface area contributed by atoms with Gasteiger partial charge in [-0.3, -0.25) is 0 Å². The van der Waals surface area contributed by atoms with E-state index in [0.717, 1.165) is 0 Å². The fourth-order valence-corrected chi connectivity index (χ4v) is 1.97. The second-order valence-electron chi connectivity index (χ2n) is 3.75. The molecule has 0 aromatic rings. The number of ether oxygens (including phenoxy) is 3. The molecule has 1 amide bonds. The third kappa shape index (κ3) is 3.05. The zero-order chi connectivity index (χ0) is 12.9. The summed E-state index contributed by atoms with van der Waals surface area (Å²) in [6, 6.07) is 0. The molecular weight excluding hydrogens is 233 g/mol. The van der Waals surface area contributed by atoms with E-state index in [0.29, 0.717) is 13.0 Å². The van der Waals surface area contributed by atoms with Gasteiger partial charge in [-0.25, -0.2) is 9.18 Å². The van der Waals surface area contributed by atoms with Gasteiger partial charge in [-0.05, 0) is 0 Å². The summed E-state index contributed by atoms with van der Waals surface area (Å²) in [6.45, 7) is -0.330. The lowest BCUT2D eigenvalue weighted by atomic mass is 10.0. The number of methoxy groups -OCH3 is 2. The van der Waals surface area contributed by atoms with Crippen LogP contribution in [0.5, 0.6) is 0 Å². The van der Waals surface area contributed by atoms with Crippen LogP contribution in [0.15, 0.2) is 0 Å². The molecular formula is C10H18FNO5. The first-order valence-corrected chi connectivity index (χ1v) is 5.35. The summed E-state index contributed by atoms with van der Waals surface area (Å²) in [5.41, 5.74) is 0. The molecule has 6 nitrogen and oxygen atoms in total. The summed E-state index contributed by atoms with van der Waals surface area (Å²) in [6.07, 6.45) is -1.30. The second kappa shape index (κ2) is 6.13. The van der Waals surface area contributed by atoms with Crippen molar-refractivity contribution in [3.63, 3.8) is 0 Å². The van der Waals surface area contributed by atoms with E-state index in [2.05, 4.69) is 0 Å². The van der Waals surface area contributed by atoms with E-state index >= 15 is 0 Å². The number of alkyl halides is 1. The molecule has 1 aliphatic rings. The van der Waals surface area contributed by atoms with Crippen molar-refractivity contribution in [1.82, 2.24) is 4.90 Å². The van der Waals surface area contributed by atoms with Gasteiger partial charge in [-0.2, -0.15) is 0 Å². The Labute approximate surface area is 99.2 Å². The third-order valence-electron chi connectivity index (χ3n) is 2.96. The number of halogens is 1. The molecule has 0 radical (unpaired) electrons. The number of rotatable bonds is 5. The van der Waals surface area contributed by atoms with Gasteiger partial charge in [0.2, 0.25) is 0 Å². The lowest BCUT2D eigenvalue weighted by Crippen LogP contribution is -2.59.